The summed E-state index contributed by atoms with van der Waals surface area (Å²) in [5.74, 6) is 0.0737. The van der Waals surface area contributed by atoms with E-state index < -0.39 is 27.6 Å². The molecule has 0 unspecified atom stereocenters. The van der Waals surface area contributed by atoms with Crippen LogP contribution in [0.3, 0.4) is 0 Å². The molecule has 0 bridgehead atoms. The molecule has 0 aliphatic carbocycles. The molecule has 8 heteroatoms. The zero-order valence-electron chi connectivity index (χ0n) is 18.6. The Balaban J connectivity index is 2.09. The lowest BCUT2D eigenvalue weighted by Gasteiger charge is -2.22. The molecule has 1 N–H and O–H groups in total. The number of carbonyl (C=O) groups is 1. The molecule has 3 rings (SSSR count). The highest BCUT2D eigenvalue weighted by molar-refractivity contribution is 7.89. The van der Waals surface area contributed by atoms with Gasteiger partial charge in [0.05, 0.1) is 11.5 Å². The van der Waals surface area contributed by atoms with Gasteiger partial charge in [-0.25, -0.2) is 13.2 Å². The van der Waals surface area contributed by atoms with E-state index >= 15 is 0 Å². The highest BCUT2D eigenvalue weighted by Crippen LogP contribution is 2.44. The highest BCUT2D eigenvalue weighted by Gasteiger charge is 2.38. The number of esters is 1. The normalized spacial score (nSPS) is 15.8. The first-order valence-corrected chi connectivity index (χ1v) is 12.0. The van der Waals surface area contributed by atoms with E-state index in [-0.39, 0.29) is 11.5 Å². The Hall–Kier alpha value is -2.09. The molecule has 0 amide bonds. The van der Waals surface area contributed by atoms with Crippen LogP contribution in [0.15, 0.2) is 29.2 Å². The van der Waals surface area contributed by atoms with E-state index in [9.17, 15) is 13.2 Å². The van der Waals surface area contributed by atoms with E-state index in [0.29, 0.717) is 28.1 Å². The molecule has 1 aliphatic heterocycles. The molecule has 0 aromatic heterocycles. The van der Waals surface area contributed by atoms with Gasteiger partial charge < -0.3 is 9.47 Å². The summed E-state index contributed by atoms with van der Waals surface area (Å²) in [6.45, 7) is 11.2. The van der Waals surface area contributed by atoms with Gasteiger partial charge in [0.15, 0.2) is 0 Å². The number of benzene rings is 2. The number of rotatable bonds is 6. The second-order valence-electron chi connectivity index (χ2n) is 8.41. The van der Waals surface area contributed by atoms with Gasteiger partial charge in [0.2, 0.25) is 10.0 Å². The van der Waals surface area contributed by atoms with Crippen molar-refractivity contribution in [3.05, 3.63) is 57.1 Å². The first-order valence-electron chi connectivity index (χ1n) is 10.1. The third-order valence-electron chi connectivity index (χ3n) is 5.56. The van der Waals surface area contributed by atoms with Crippen molar-refractivity contribution in [1.29, 1.82) is 0 Å². The average molecular weight is 466 g/mol. The summed E-state index contributed by atoms with van der Waals surface area (Å²) < 4.78 is 40.9. The lowest BCUT2D eigenvalue weighted by atomic mass is 9.94. The molecule has 0 saturated carbocycles. The fourth-order valence-electron chi connectivity index (χ4n) is 3.99. The molecule has 0 fully saturated rings. The maximum Gasteiger partial charge on any atom is 0.328 e. The lowest BCUT2D eigenvalue weighted by Crippen LogP contribution is -2.35. The van der Waals surface area contributed by atoms with E-state index in [1.54, 1.807) is 45.0 Å². The number of fused-ring (bicyclic) bond motifs is 1. The minimum absolute atomic E-state index is 0.132. The van der Waals surface area contributed by atoms with Gasteiger partial charge in [-0.15, -0.1) is 0 Å². The van der Waals surface area contributed by atoms with Gasteiger partial charge in [0.1, 0.15) is 17.4 Å². The predicted molar refractivity (Wildman–Crippen MR) is 120 cm³/mol. The molecule has 168 valence electrons. The molecular weight excluding hydrogens is 438 g/mol. The number of hydrogen-bond donors (Lipinski definition) is 1. The van der Waals surface area contributed by atoms with Crippen molar-refractivity contribution < 1.29 is 22.7 Å². The summed E-state index contributed by atoms with van der Waals surface area (Å²) in [6.07, 6.45) is 0.607. The third-order valence-corrected chi connectivity index (χ3v) is 7.51. The van der Waals surface area contributed by atoms with Crippen LogP contribution in [0.4, 0.5) is 0 Å². The molecular formula is C23H28ClNO5S. The first-order chi connectivity index (χ1) is 14.4. The fraction of sp³-hybridized carbons (Fsp3) is 0.435. The van der Waals surface area contributed by atoms with E-state index in [1.807, 2.05) is 20.8 Å². The first kappa shape index (κ1) is 23.6. The number of carbonyl (C=O) groups excluding carboxylic acids is 1. The summed E-state index contributed by atoms with van der Waals surface area (Å²) >= 11 is 5.96. The van der Waals surface area contributed by atoms with Crippen molar-refractivity contribution in [2.75, 3.05) is 6.61 Å². The Morgan fingerprint density at radius 3 is 2.35 bits per heavy atom. The lowest BCUT2D eigenvalue weighted by molar-refractivity contribution is -0.145. The minimum Gasteiger partial charge on any atom is -0.487 e. The summed E-state index contributed by atoms with van der Waals surface area (Å²) in [4.78, 5) is 12.8. The zero-order valence-corrected chi connectivity index (χ0v) is 20.2. The van der Waals surface area contributed by atoms with Crippen molar-refractivity contribution >= 4 is 27.6 Å². The largest absolute Gasteiger partial charge is 0.487 e. The zero-order chi connectivity index (χ0) is 23.1. The second kappa shape index (κ2) is 8.45. The van der Waals surface area contributed by atoms with Gasteiger partial charge in [-0.3, -0.25) is 0 Å². The Bertz CT molecular complexity index is 1120. The standard InChI is InChI=1S/C23H28ClNO5S/c1-7-29-22(26)19(16-8-10-17(24)11-9-16)25-31(27,28)21-14(3)13(2)20-18(15(21)4)12-23(5,6)30-20/h8-11,19,25H,7,12H2,1-6H3/t19-/m0/s1. The minimum atomic E-state index is -4.06. The van der Waals surface area contributed by atoms with Crippen LogP contribution in [0.2, 0.25) is 5.02 Å². The summed E-state index contributed by atoms with van der Waals surface area (Å²) in [5.41, 5.74) is 2.94. The van der Waals surface area contributed by atoms with Gasteiger partial charge >= 0.3 is 5.97 Å². The molecule has 1 heterocycles. The topological polar surface area (TPSA) is 81.7 Å². The number of hydrogen-bond acceptors (Lipinski definition) is 5. The van der Waals surface area contributed by atoms with Gasteiger partial charge in [-0.05, 0) is 75.9 Å². The van der Waals surface area contributed by atoms with Gasteiger partial charge in [-0.1, -0.05) is 23.7 Å². The van der Waals surface area contributed by atoms with Crippen molar-refractivity contribution in [2.24, 2.45) is 0 Å². The van der Waals surface area contributed by atoms with Crippen LogP contribution in [0.1, 0.15) is 54.6 Å². The summed E-state index contributed by atoms with van der Waals surface area (Å²) in [7, 11) is -4.06. The van der Waals surface area contributed by atoms with Crippen LogP contribution in [0.5, 0.6) is 5.75 Å². The third kappa shape index (κ3) is 4.59. The Kier molecular flexibility index (Phi) is 6.42. The predicted octanol–water partition coefficient (Wildman–Crippen LogP) is 4.56. The van der Waals surface area contributed by atoms with Crippen LogP contribution in [-0.4, -0.2) is 26.6 Å². The molecule has 2 aromatic rings. The number of sulfonamides is 1. The van der Waals surface area contributed by atoms with Crippen molar-refractivity contribution in [1.82, 2.24) is 4.72 Å². The Labute approximate surface area is 188 Å². The SMILES string of the molecule is CCOC(=O)[C@@H](NS(=O)(=O)c1c(C)c(C)c2c(c1C)CC(C)(C)O2)c1ccc(Cl)cc1. The Morgan fingerprint density at radius 1 is 1.16 bits per heavy atom. The van der Waals surface area contributed by atoms with Crippen molar-refractivity contribution in [3.63, 3.8) is 0 Å². The summed E-state index contributed by atoms with van der Waals surface area (Å²) in [6, 6.07) is 5.23. The van der Waals surface area contributed by atoms with Crippen LogP contribution < -0.4 is 9.46 Å². The molecule has 0 radical (unpaired) electrons. The fourth-order valence-corrected chi connectivity index (χ4v) is 5.86. The smallest absolute Gasteiger partial charge is 0.328 e. The van der Waals surface area contributed by atoms with E-state index in [2.05, 4.69) is 4.72 Å². The second-order valence-corrected chi connectivity index (χ2v) is 10.5. The highest BCUT2D eigenvalue weighted by atomic mass is 35.5. The molecule has 1 aliphatic rings. The molecule has 2 aromatic carbocycles. The van der Waals surface area contributed by atoms with Crippen LogP contribution in [0.25, 0.3) is 0 Å². The molecule has 1 atom stereocenters. The maximum absolute atomic E-state index is 13.6. The molecule has 0 spiro atoms. The van der Waals surface area contributed by atoms with Crippen molar-refractivity contribution in [3.8, 4) is 5.75 Å². The number of ether oxygens (including phenoxy) is 2. The van der Waals surface area contributed by atoms with Crippen LogP contribution in [0, 0.1) is 20.8 Å². The monoisotopic (exact) mass is 465 g/mol. The molecule has 31 heavy (non-hydrogen) atoms. The maximum atomic E-state index is 13.6. The van der Waals surface area contributed by atoms with E-state index in [1.165, 1.54) is 0 Å². The van der Waals surface area contributed by atoms with Crippen LogP contribution in [-0.2, 0) is 26.0 Å². The molecule has 0 saturated heterocycles. The number of nitrogens with one attached hydrogen (secondary N) is 1. The van der Waals surface area contributed by atoms with E-state index in [0.717, 1.165) is 16.9 Å². The van der Waals surface area contributed by atoms with Gasteiger partial charge in [-0.2, -0.15) is 4.72 Å². The average Bonchev–Trinajstić information content (AvgIpc) is 3.01. The number of halogens is 1. The van der Waals surface area contributed by atoms with Crippen LogP contribution >= 0.6 is 11.6 Å². The van der Waals surface area contributed by atoms with Crippen molar-refractivity contribution in [2.45, 2.75) is 64.5 Å². The van der Waals surface area contributed by atoms with E-state index in [4.69, 9.17) is 21.1 Å². The van der Waals surface area contributed by atoms with Gasteiger partial charge in [0.25, 0.3) is 0 Å². The summed E-state index contributed by atoms with van der Waals surface area (Å²) in [5, 5.41) is 0.484. The van der Waals surface area contributed by atoms with Gasteiger partial charge in [0, 0.05) is 17.0 Å². The Morgan fingerprint density at radius 2 is 1.77 bits per heavy atom. The quantitative estimate of drug-likeness (QED) is 0.632. The molecule has 6 nitrogen and oxygen atoms in total.